The van der Waals surface area contributed by atoms with E-state index in [1.807, 2.05) is 46.8 Å². The Morgan fingerprint density at radius 2 is 1.33 bits per heavy atom. The number of anilines is 1. The smallest absolute Gasteiger partial charge is 0.294 e. The van der Waals surface area contributed by atoms with Gasteiger partial charge in [0.05, 0.1) is 21.0 Å². The summed E-state index contributed by atoms with van der Waals surface area (Å²) >= 11 is 0. The van der Waals surface area contributed by atoms with Crippen molar-refractivity contribution in [1.29, 1.82) is 0 Å². The summed E-state index contributed by atoms with van der Waals surface area (Å²) in [5.74, 6) is -1.18. The maximum absolute atomic E-state index is 11.9. The Hall–Kier alpha value is -3.49. The van der Waals surface area contributed by atoms with Gasteiger partial charge in [0.2, 0.25) is 5.69 Å². The van der Waals surface area contributed by atoms with E-state index in [2.05, 4.69) is 0 Å². The van der Waals surface area contributed by atoms with Crippen LogP contribution in [0.3, 0.4) is 0 Å². The van der Waals surface area contributed by atoms with Crippen molar-refractivity contribution in [2.45, 2.75) is 61.7 Å². The lowest BCUT2D eigenvalue weighted by Gasteiger charge is -2.26. The van der Waals surface area contributed by atoms with Gasteiger partial charge >= 0.3 is 0 Å². The molecule has 4 rings (SSSR count). The predicted octanol–water partition coefficient (Wildman–Crippen LogP) is 4.46. The normalized spacial score (nSPS) is 18.7. The van der Waals surface area contributed by atoms with Crippen molar-refractivity contribution in [1.82, 2.24) is 0 Å². The molecule has 0 spiro atoms. The first-order chi connectivity index (χ1) is 23.3. The first-order valence-corrected chi connectivity index (χ1v) is 21.7. The SMILES string of the molecule is CCC(/C=C/C=C1/N(CCS(=O)(=O)O)c2ccc(S(=O)(=O)O)cc2C1(C)C)=C\C=C\C1=[N+](CCS(=O)(=O)O)c2ccc(S(=O)(=O)O)cc2C1(C)C. The van der Waals surface area contributed by atoms with E-state index in [4.69, 9.17) is 0 Å². The highest BCUT2D eigenvalue weighted by Gasteiger charge is 2.45. The molecule has 2 aromatic carbocycles. The fourth-order valence-electron chi connectivity index (χ4n) is 6.34. The molecule has 4 N–H and O–H groups in total. The molecule has 278 valence electrons. The molecular weight excluding hydrogens is 745 g/mol. The van der Waals surface area contributed by atoms with Crippen LogP contribution in [0.2, 0.25) is 0 Å². The van der Waals surface area contributed by atoms with Crippen LogP contribution in [0, 0.1) is 0 Å². The Morgan fingerprint density at radius 3 is 1.88 bits per heavy atom. The lowest BCUT2D eigenvalue weighted by Crippen LogP contribution is -2.30. The standard InChI is InChI=1S/C33H40N2O12S4/c1-6-23(9-7-11-30-32(2,3)26-21-24(50(42,43)44)13-15-28(26)34(30)17-19-48(36,37)38)10-8-12-31-33(4,5)27-22-25(51(45,46)47)14-16-29(27)35(31)18-20-49(39,40)41/h7-16,21-22H,6,17-20H2,1-5H3,(H3-,36,37,38,39,40,41,42,43,44,45,46,47)/p+1. The van der Waals surface area contributed by atoms with Gasteiger partial charge in [0.1, 0.15) is 5.75 Å². The summed E-state index contributed by atoms with van der Waals surface area (Å²) in [7, 11) is -17.7. The fraction of sp³-hybridized carbons (Fsp3) is 0.364. The van der Waals surface area contributed by atoms with Crippen molar-refractivity contribution in [3.8, 4) is 0 Å². The minimum absolute atomic E-state index is 0.129. The number of fused-ring (bicyclic) bond motifs is 2. The minimum Gasteiger partial charge on any atom is -0.343 e. The zero-order chi connectivity index (χ0) is 38.4. The number of nitrogens with zero attached hydrogens (tertiary/aromatic N) is 2. The third-order valence-electron chi connectivity index (χ3n) is 9.01. The Kier molecular flexibility index (Phi) is 11.2. The first-order valence-electron chi connectivity index (χ1n) is 15.6. The number of hydrogen-bond acceptors (Lipinski definition) is 9. The van der Waals surface area contributed by atoms with Gasteiger partial charge in [-0.05, 0) is 67.8 Å². The van der Waals surface area contributed by atoms with Crippen LogP contribution in [0.5, 0.6) is 0 Å². The quantitative estimate of drug-likeness (QED) is 0.125. The first kappa shape index (κ1) is 40.3. The highest BCUT2D eigenvalue weighted by atomic mass is 32.2. The van der Waals surface area contributed by atoms with Crippen molar-refractivity contribution in [3.63, 3.8) is 0 Å². The monoisotopic (exact) mass is 785 g/mol. The summed E-state index contributed by atoms with van der Waals surface area (Å²) in [4.78, 5) is 1.04. The second kappa shape index (κ2) is 14.1. The van der Waals surface area contributed by atoms with Crippen molar-refractivity contribution < 1.29 is 56.5 Å². The van der Waals surface area contributed by atoms with Crippen LogP contribution < -0.4 is 4.90 Å². The average molecular weight is 786 g/mol. The molecule has 0 saturated carbocycles. The minimum atomic E-state index is -4.51. The zero-order valence-electron chi connectivity index (χ0n) is 28.5. The number of benzene rings is 2. The molecule has 18 heteroatoms. The van der Waals surface area contributed by atoms with Crippen molar-refractivity contribution in [3.05, 3.63) is 95.3 Å². The Bertz CT molecular complexity index is 2350. The van der Waals surface area contributed by atoms with E-state index in [9.17, 15) is 51.9 Å². The zero-order valence-corrected chi connectivity index (χ0v) is 31.8. The summed E-state index contributed by atoms with van der Waals surface area (Å²) in [5.41, 5.74) is 2.47. The maximum atomic E-state index is 11.9. The molecule has 51 heavy (non-hydrogen) atoms. The van der Waals surface area contributed by atoms with E-state index in [1.165, 1.54) is 36.4 Å². The third kappa shape index (κ3) is 9.12. The van der Waals surface area contributed by atoms with Crippen LogP contribution in [0.25, 0.3) is 0 Å². The second-order valence-corrected chi connectivity index (χ2v) is 19.2. The van der Waals surface area contributed by atoms with Gasteiger partial charge in [-0.2, -0.15) is 38.2 Å². The molecule has 14 nitrogen and oxygen atoms in total. The molecule has 0 fully saturated rings. The van der Waals surface area contributed by atoms with Gasteiger partial charge in [-0.3, -0.25) is 18.2 Å². The summed E-state index contributed by atoms with van der Waals surface area (Å²) in [6.45, 7) is 8.93. The highest BCUT2D eigenvalue weighted by molar-refractivity contribution is 7.86. The van der Waals surface area contributed by atoms with Crippen LogP contribution >= 0.6 is 0 Å². The summed E-state index contributed by atoms with van der Waals surface area (Å²) < 4.78 is 134. The van der Waals surface area contributed by atoms with E-state index >= 15 is 0 Å². The van der Waals surface area contributed by atoms with E-state index in [0.717, 1.165) is 5.57 Å². The lowest BCUT2D eigenvalue weighted by molar-refractivity contribution is -0.432. The van der Waals surface area contributed by atoms with Crippen molar-refractivity contribution >= 4 is 57.6 Å². The maximum Gasteiger partial charge on any atom is 0.294 e. The topological polar surface area (TPSA) is 224 Å². The molecule has 0 amide bonds. The van der Waals surface area contributed by atoms with Crippen LogP contribution in [-0.4, -0.2) is 86.8 Å². The van der Waals surface area contributed by atoms with E-state index < -0.39 is 62.8 Å². The van der Waals surface area contributed by atoms with Crippen molar-refractivity contribution in [2.24, 2.45) is 0 Å². The fourth-order valence-corrected chi connectivity index (χ4v) is 8.18. The van der Waals surface area contributed by atoms with E-state index in [1.54, 1.807) is 33.8 Å². The van der Waals surface area contributed by atoms with Gasteiger partial charge in [-0.15, -0.1) is 0 Å². The lowest BCUT2D eigenvalue weighted by atomic mass is 9.81. The van der Waals surface area contributed by atoms with Gasteiger partial charge < -0.3 is 4.90 Å². The molecule has 0 unspecified atom stereocenters. The van der Waals surface area contributed by atoms with Crippen molar-refractivity contribution in [2.75, 3.05) is 29.5 Å². The molecule has 2 heterocycles. The van der Waals surface area contributed by atoms with Crippen LogP contribution in [-0.2, 0) is 51.3 Å². The molecule has 2 aliphatic heterocycles. The number of rotatable bonds is 13. The molecule has 0 atom stereocenters. The van der Waals surface area contributed by atoms with Gasteiger partial charge in [-0.1, -0.05) is 45.1 Å². The molecule has 0 aliphatic carbocycles. The second-order valence-electron chi connectivity index (χ2n) is 13.2. The van der Waals surface area contributed by atoms with E-state index in [-0.39, 0.29) is 22.9 Å². The molecule has 0 saturated heterocycles. The largest absolute Gasteiger partial charge is 0.343 e. The molecule has 0 radical (unpaired) electrons. The van der Waals surface area contributed by atoms with Gasteiger partial charge in [0.15, 0.2) is 12.3 Å². The number of allylic oxidation sites excluding steroid dienone is 8. The molecular formula is C33H41N2O12S4+. The predicted molar refractivity (Wildman–Crippen MR) is 193 cm³/mol. The Labute approximate surface area is 299 Å². The summed E-state index contributed by atoms with van der Waals surface area (Å²) in [5, 5.41) is 0. The van der Waals surface area contributed by atoms with Gasteiger partial charge in [-0.25, -0.2) is 0 Å². The van der Waals surface area contributed by atoms with Crippen LogP contribution in [0.1, 0.15) is 52.2 Å². The van der Waals surface area contributed by atoms with Crippen LogP contribution in [0.15, 0.2) is 93.9 Å². The Morgan fingerprint density at radius 1 is 0.765 bits per heavy atom. The molecule has 0 bridgehead atoms. The summed E-state index contributed by atoms with van der Waals surface area (Å²) in [6, 6.07) is 8.04. The molecule has 2 aliphatic rings. The highest BCUT2D eigenvalue weighted by Crippen LogP contribution is 2.48. The molecule has 0 aromatic heterocycles. The van der Waals surface area contributed by atoms with Gasteiger partial charge in [0.25, 0.3) is 40.5 Å². The van der Waals surface area contributed by atoms with Crippen LogP contribution in [0.4, 0.5) is 11.4 Å². The number of hydrogen-bond donors (Lipinski definition) is 4. The summed E-state index contributed by atoms with van der Waals surface area (Å²) in [6.07, 6.45) is 11.2. The Balaban J connectivity index is 1.71. The third-order valence-corrected chi connectivity index (χ3v) is 12.1. The van der Waals surface area contributed by atoms with Gasteiger partial charge in [0, 0.05) is 41.1 Å². The van der Waals surface area contributed by atoms with E-state index in [0.29, 0.717) is 40.3 Å². The average Bonchev–Trinajstić information content (AvgIpc) is 3.34. The molecule has 2 aromatic rings.